The second-order valence-corrected chi connectivity index (χ2v) is 6.94. The van der Waals surface area contributed by atoms with Crippen molar-refractivity contribution in [1.82, 2.24) is 10.2 Å². The van der Waals surface area contributed by atoms with Gasteiger partial charge in [-0.2, -0.15) is 0 Å². The molecular formula is C18H26N2. The van der Waals surface area contributed by atoms with Crippen LogP contribution in [-0.4, -0.2) is 37.6 Å². The Hall–Kier alpha value is -0.860. The fourth-order valence-electron chi connectivity index (χ4n) is 4.51. The van der Waals surface area contributed by atoms with Crippen LogP contribution in [-0.2, 0) is 0 Å². The number of benzene rings is 1. The van der Waals surface area contributed by atoms with Crippen molar-refractivity contribution in [3.8, 4) is 0 Å². The van der Waals surface area contributed by atoms with Crippen molar-refractivity contribution >= 4 is 0 Å². The van der Waals surface area contributed by atoms with Crippen LogP contribution in [0.25, 0.3) is 0 Å². The SMILES string of the molecule is c1cc(C2CN3CCC2CC3)ccc1C1CCNCC1. The van der Waals surface area contributed by atoms with Crippen molar-refractivity contribution in [2.45, 2.75) is 37.5 Å². The van der Waals surface area contributed by atoms with Crippen LogP contribution < -0.4 is 5.32 Å². The van der Waals surface area contributed by atoms with Crippen molar-refractivity contribution < 1.29 is 0 Å². The normalized spacial score (nSPS) is 34.3. The Labute approximate surface area is 122 Å². The third-order valence-corrected chi connectivity index (χ3v) is 5.83. The van der Waals surface area contributed by atoms with Gasteiger partial charge >= 0.3 is 0 Å². The minimum atomic E-state index is 0.789. The highest BCUT2D eigenvalue weighted by Crippen LogP contribution is 2.39. The number of nitrogens with one attached hydrogen (secondary N) is 1. The van der Waals surface area contributed by atoms with E-state index >= 15 is 0 Å². The first-order chi connectivity index (χ1) is 9.90. The van der Waals surface area contributed by atoms with E-state index in [0.29, 0.717) is 0 Å². The molecule has 1 atom stereocenters. The molecule has 0 aromatic heterocycles. The zero-order valence-electron chi connectivity index (χ0n) is 12.4. The Morgan fingerprint density at radius 2 is 1.50 bits per heavy atom. The summed E-state index contributed by atoms with van der Waals surface area (Å²) in [6, 6.07) is 9.71. The summed E-state index contributed by atoms with van der Waals surface area (Å²) in [6.45, 7) is 6.36. The topological polar surface area (TPSA) is 15.3 Å². The van der Waals surface area contributed by atoms with Gasteiger partial charge in [0.15, 0.2) is 0 Å². The second-order valence-electron chi connectivity index (χ2n) is 6.94. The van der Waals surface area contributed by atoms with Gasteiger partial charge in [-0.1, -0.05) is 24.3 Å². The molecule has 4 aliphatic heterocycles. The summed E-state index contributed by atoms with van der Waals surface area (Å²) >= 11 is 0. The zero-order valence-corrected chi connectivity index (χ0v) is 12.4. The van der Waals surface area contributed by atoms with Crippen LogP contribution >= 0.6 is 0 Å². The molecule has 4 aliphatic rings. The molecule has 1 aromatic carbocycles. The van der Waals surface area contributed by atoms with Crippen LogP contribution in [0.5, 0.6) is 0 Å². The van der Waals surface area contributed by atoms with Crippen LogP contribution in [0.15, 0.2) is 24.3 Å². The molecule has 0 amide bonds. The van der Waals surface area contributed by atoms with E-state index in [2.05, 4.69) is 34.5 Å². The summed E-state index contributed by atoms with van der Waals surface area (Å²) in [5, 5.41) is 3.46. The number of hydrogen-bond acceptors (Lipinski definition) is 2. The molecule has 5 rings (SSSR count). The van der Waals surface area contributed by atoms with Crippen LogP contribution in [0.2, 0.25) is 0 Å². The summed E-state index contributed by atoms with van der Waals surface area (Å²) in [6.07, 6.45) is 5.44. The van der Waals surface area contributed by atoms with E-state index in [1.54, 1.807) is 11.1 Å². The van der Waals surface area contributed by atoms with E-state index in [1.165, 1.54) is 58.4 Å². The maximum atomic E-state index is 3.46. The number of rotatable bonds is 2. The van der Waals surface area contributed by atoms with E-state index in [-0.39, 0.29) is 0 Å². The highest BCUT2D eigenvalue weighted by Gasteiger charge is 2.34. The lowest BCUT2D eigenvalue weighted by Gasteiger charge is -2.45. The summed E-state index contributed by atoms with van der Waals surface area (Å²) in [5.74, 6) is 2.54. The third-order valence-electron chi connectivity index (χ3n) is 5.83. The van der Waals surface area contributed by atoms with E-state index in [9.17, 15) is 0 Å². The third kappa shape index (κ3) is 2.40. The molecule has 2 nitrogen and oxygen atoms in total. The Morgan fingerprint density at radius 3 is 2.10 bits per heavy atom. The Balaban J connectivity index is 1.49. The molecule has 2 heteroatoms. The molecule has 108 valence electrons. The molecule has 4 heterocycles. The molecule has 0 spiro atoms. The summed E-state index contributed by atoms with van der Waals surface area (Å²) < 4.78 is 0. The molecule has 2 bridgehead atoms. The molecule has 4 fully saturated rings. The fraction of sp³-hybridized carbons (Fsp3) is 0.667. The second kappa shape index (κ2) is 5.50. The average molecular weight is 270 g/mol. The van der Waals surface area contributed by atoms with Crippen molar-refractivity contribution in [2.24, 2.45) is 5.92 Å². The summed E-state index contributed by atoms with van der Waals surface area (Å²) in [7, 11) is 0. The maximum Gasteiger partial charge on any atom is 0.00530 e. The molecule has 1 N–H and O–H groups in total. The van der Waals surface area contributed by atoms with Gasteiger partial charge in [0.1, 0.15) is 0 Å². The predicted octanol–water partition coefficient (Wildman–Crippen LogP) is 2.96. The van der Waals surface area contributed by atoms with Gasteiger partial charge in [0.2, 0.25) is 0 Å². The first-order valence-corrected chi connectivity index (χ1v) is 8.43. The zero-order chi connectivity index (χ0) is 13.4. The van der Waals surface area contributed by atoms with Gasteiger partial charge in [-0.15, -0.1) is 0 Å². The largest absolute Gasteiger partial charge is 0.317 e. The van der Waals surface area contributed by atoms with Crippen molar-refractivity contribution in [1.29, 1.82) is 0 Å². The first-order valence-electron chi connectivity index (χ1n) is 8.43. The lowest BCUT2D eigenvalue weighted by molar-refractivity contribution is 0.0871. The number of piperidine rings is 4. The Kier molecular flexibility index (Phi) is 3.53. The van der Waals surface area contributed by atoms with Crippen LogP contribution in [0.1, 0.15) is 48.6 Å². The van der Waals surface area contributed by atoms with Crippen molar-refractivity contribution in [2.75, 3.05) is 32.7 Å². The van der Waals surface area contributed by atoms with Crippen LogP contribution in [0, 0.1) is 5.92 Å². The molecular weight excluding hydrogens is 244 g/mol. The van der Waals surface area contributed by atoms with Gasteiger partial charge in [-0.05, 0) is 80.7 Å². The predicted molar refractivity (Wildman–Crippen MR) is 83.2 cm³/mol. The first kappa shape index (κ1) is 12.8. The number of hydrogen-bond donors (Lipinski definition) is 1. The summed E-state index contributed by atoms with van der Waals surface area (Å²) in [4.78, 5) is 2.66. The molecule has 0 aliphatic carbocycles. The highest BCUT2D eigenvalue weighted by atomic mass is 15.1. The van der Waals surface area contributed by atoms with Gasteiger partial charge in [-0.3, -0.25) is 0 Å². The molecule has 20 heavy (non-hydrogen) atoms. The lowest BCUT2D eigenvalue weighted by Crippen LogP contribution is -2.46. The van der Waals surface area contributed by atoms with E-state index in [0.717, 1.165) is 17.8 Å². The van der Waals surface area contributed by atoms with Gasteiger partial charge in [-0.25, -0.2) is 0 Å². The minimum absolute atomic E-state index is 0.789. The van der Waals surface area contributed by atoms with E-state index in [4.69, 9.17) is 0 Å². The molecule has 1 aromatic rings. The standard InChI is InChI=1S/C18H26N2/c1-3-16(18-13-20-11-7-17(18)8-12-20)4-2-14(1)15-5-9-19-10-6-15/h1-4,15,17-19H,5-13H2. The van der Waals surface area contributed by atoms with Gasteiger partial charge in [0, 0.05) is 6.54 Å². The molecule has 4 saturated heterocycles. The van der Waals surface area contributed by atoms with Crippen LogP contribution in [0.3, 0.4) is 0 Å². The monoisotopic (exact) mass is 270 g/mol. The maximum absolute atomic E-state index is 3.46. The Morgan fingerprint density at radius 1 is 0.850 bits per heavy atom. The number of nitrogens with zero attached hydrogens (tertiary/aromatic N) is 1. The number of fused-ring (bicyclic) bond motifs is 3. The van der Waals surface area contributed by atoms with Gasteiger partial charge in [0.25, 0.3) is 0 Å². The van der Waals surface area contributed by atoms with E-state index in [1.807, 2.05) is 0 Å². The average Bonchev–Trinajstić information content (AvgIpc) is 2.57. The summed E-state index contributed by atoms with van der Waals surface area (Å²) in [5.41, 5.74) is 3.16. The molecule has 0 saturated carbocycles. The van der Waals surface area contributed by atoms with Crippen molar-refractivity contribution in [3.63, 3.8) is 0 Å². The van der Waals surface area contributed by atoms with Gasteiger partial charge in [0.05, 0.1) is 0 Å². The molecule has 0 radical (unpaired) electrons. The van der Waals surface area contributed by atoms with E-state index < -0.39 is 0 Å². The van der Waals surface area contributed by atoms with Crippen LogP contribution in [0.4, 0.5) is 0 Å². The van der Waals surface area contributed by atoms with Crippen molar-refractivity contribution in [3.05, 3.63) is 35.4 Å². The van der Waals surface area contributed by atoms with Gasteiger partial charge < -0.3 is 10.2 Å². The Bertz CT molecular complexity index is 439. The smallest absolute Gasteiger partial charge is 0.00530 e. The highest BCUT2D eigenvalue weighted by molar-refractivity contribution is 5.29. The quantitative estimate of drug-likeness (QED) is 0.889. The lowest BCUT2D eigenvalue weighted by atomic mass is 9.75. The minimum Gasteiger partial charge on any atom is -0.317 e. The fourth-order valence-corrected chi connectivity index (χ4v) is 4.51. The molecule has 1 unspecified atom stereocenters.